The van der Waals surface area contributed by atoms with Crippen molar-refractivity contribution in [2.75, 3.05) is 49.5 Å². The monoisotopic (exact) mass is 520 g/mol. The van der Waals surface area contributed by atoms with Crippen LogP contribution >= 0.6 is 11.6 Å². The third-order valence-electron chi connectivity index (χ3n) is 7.03. The van der Waals surface area contributed by atoms with Crippen molar-refractivity contribution in [2.24, 2.45) is 0 Å². The Kier molecular flexibility index (Phi) is 7.72. The second-order valence-electron chi connectivity index (χ2n) is 9.55. The maximum atomic E-state index is 13.5. The summed E-state index contributed by atoms with van der Waals surface area (Å²) in [5.74, 6) is -0.544. The predicted octanol–water partition coefficient (Wildman–Crippen LogP) is 5.29. The Morgan fingerprint density at radius 1 is 0.838 bits per heavy atom. The first-order valence-corrected chi connectivity index (χ1v) is 13.1. The van der Waals surface area contributed by atoms with Gasteiger partial charge in [0.15, 0.2) is 0 Å². The van der Waals surface area contributed by atoms with Crippen molar-refractivity contribution >= 4 is 34.8 Å². The van der Waals surface area contributed by atoms with Crippen LogP contribution in [-0.2, 0) is 6.54 Å². The standard InChI is InChI=1S/C29H30ClFN4O2/c30-26-6-2-1-5-24(26)28(36)32-23-11-12-27(25(19-23)29(37)35-13-3-4-14-35)34-17-15-33(16-18-34)20-21-7-9-22(31)10-8-21/h1-2,5-12,19H,3-4,13-18,20H2,(H,32,36). The van der Waals surface area contributed by atoms with Gasteiger partial charge in [-0.15, -0.1) is 0 Å². The van der Waals surface area contributed by atoms with Crippen molar-refractivity contribution in [3.8, 4) is 0 Å². The lowest BCUT2D eigenvalue weighted by molar-refractivity contribution is 0.0793. The molecular weight excluding hydrogens is 491 g/mol. The molecule has 3 aromatic rings. The molecule has 2 aliphatic heterocycles. The molecule has 0 unspecified atom stereocenters. The lowest BCUT2D eigenvalue weighted by atomic mass is 10.1. The smallest absolute Gasteiger partial charge is 0.257 e. The number of carbonyl (C=O) groups excluding carboxylic acids is 2. The van der Waals surface area contributed by atoms with Crippen LogP contribution in [0.2, 0.25) is 5.02 Å². The van der Waals surface area contributed by atoms with E-state index in [0.717, 1.165) is 69.9 Å². The molecule has 1 N–H and O–H groups in total. The molecular formula is C29H30ClFN4O2. The van der Waals surface area contributed by atoms with E-state index in [1.54, 1.807) is 30.3 Å². The van der Waals surface area contributed by atoms with E-state index in [1.165, 1.54) is 12.1 Å². The van der Waals surface area contributed by atoms with Crippen LogP contribution in [0.5, 0.6) is 0 Å². The number of hydrogen-bond acceptors (Lipinski definition) is 4. The number of nitrogens with one attached hydrogen (secondary N) is 1. The van der Waals surface area contributed by atoms with Crippen LogP contribution in [0.4, 0.5) is 15.8 Å². The van der Waals surface area contributed by atoms with Crippen LogP contribution in [0.1, 0.15) is 39.1 Å². The second kappa shape index (κ2) is 11.3. The molecule has 2 amide bonds. The second-order valence-corrected chi connectivity index (χ2v) is 9.96. The number of hydrogen-bond donors (Lipinski definition) is 1. The van der Waals surface area contributed by atoms with Gasteiger partial charge >= 0.3 is 0 Å². The minimum Gasteiger partial charge on any atom is -0.368 e. The molecule has 0 radical (unpaired) electrons. The number of halogens is 2. The van der Waals surface area contributed by atoms with Crippen LogP contribution in [0, 0.1) is 5.82 Å². The van der Waals surface area contributed by atoms with E-state index in [2.05, 4.69) is 15.1 Å². The highest BCUT2D eigenvalue weighted by molar-refractivity contribution is 6.34. The van der Waals surface area contributed by atoms with Gasteiger partial charge in [-0.05, 0) is 60.9 Å². The molecule has 2 heterocycles. The van der Waals surface area contributed by atoms with Gasteiger partial charge in [-0.25, -0.2) is 4.39 Å². The summed E-state index contributed by atoms with van der Waals surface area (Å²) in [6.07, 6.45) is 2.01. The lowest BCUT2D eigenvalue weighted by Crippen LogP contribution is -2.46. The van der Waals surface area contributed by atoms with Gasteiger partial charge in [-0.2, -0.15) is 0 Å². The molecule has 192 valence electrons. The number of benzene rings is 3. The van der Waals surface area contributed by atoms with E-state index in [4.69, 9.17) is 11.6 Å². The zero-order chi connectivity index (χ0) is 25.8. The molecule has 0 aliphatic carbocycles. The Hall–Kier alpha value is -3.42. The van der Waals surface area contributed by atoms with E-state index in [0.29, 0.717) is 21.8 Å². The summed E-state index contributed by atoms with van der Waals surface area (Å²) < 4.78 is 13.2. The minimum absolute atomic E-state index is 0.00455. The van der Waals surface area contributed by atoms with Gasteiger partial charge in [-0.1, -0.05) is 35.9 Å². The summed E-state index contributed by atoms with van der Waals surface area (Å²) >= 11 is 6.20. The van der Waals surface area contributed by atoms with Crippen molar-refractivity contribution in [1.29, 1.82) is 0 Å². The largest absolute Gasteiger partial charge is 0.368 e. The highest BCUT2D eigenvalue weighted by Gasteiger charge is 2.26. The summed E-state index contributed by atoms with van der Waals surface area (Å²) in [4.78, 5) is 32.8. The molecule has 0 atom stereocenters. The molecule has 0 saturated carbocycles. The van der Waals surface area contributed by atoms with Crippen LogP contribution in [0.3, 0.4) is 0 Å². The van der Waals surface area contributed by atoms with Gasteiger partial charge < -0.3 is 15.1 Å². The zero-order valence-electron chi connectivity index (χ0n) is 20.6. The van der Waals surface area contributed by atoms with Crippen molar-refractivity contribution in [3.05, 3.63) is 94.3 Å². The summed E-state index contributed by atoms with van der Waals surface area (Å²) in [5, 5.41) is 3.28. The fraction of sp³-hybridized carbons (Fsp3) is 0.310. The fourth-order valence-electron chi connectivity index (χ4n) is 4.99. The Bertz CT molecular complexity index is 1270. The van der Waals surface area contributed by atoms with Crippen LogP contribution < -0.4 is 10.2 Å². The quantitative estimate of drug-likeness (QED) is 0.480. The Morgan fingerprint density at radius 2 is 1.54 bits per heavy atom. The highest BCUT2D eigenvalue weighted by Crippen LogP contribution is 2.29. The Labute approximate surface area is 221 Å². The van der Waals surface area contributed by atoms with Crippen LogP contribution in [0.15, 0.2) is 66.7 Å². The van der Waals surface area contributed by atoms with Crippen LogP contribution in [0.25, 0.3) is 0 Å². The fourth-order valence-corrected chi connectivity index (χ4v) is 5.21. The van der Waals surface area contributed by atoms with Crippen molar-refractivity contribution in [2.45, 2.75) is 19.4 Å². The third-order valence-corrected chi connectivity index (χ3v) is 7.36. The molecule has 2 saturated heterocycles. The van der Waals surface area contributed by atoms with Gasteiger partial charge in [0.1, 0.15) is 5.82 Å². The van der Waals surface area contributed by atoms with E-state index >= 15 is 0 Å². The molecule has 8 heteroatoms. The van der Waals surface area contributed by atoms with Crippen molar-refractivity contribution in [3.63, 3.8) is 0 Å². The first-order chi connectivity index (χ1) is 18.0. The van der Waals surface area contributed by atoms with E-state index in [1.807, 2.05) is 29.2 Å². The molecule has 6 nitrogen and oxygen atoms in total. The Morgan fingerprint density at radius 3 is 2.24 bits per heavy atom. The number of nitrogens with zero attached hydrogens (tertiary/aromatic N) is 3. The van der Waals surface area contributed by atoms with Crippen molar-refractivity contribution < 1.29 is 14.0 Å². The first kappa shape index (κ1) is 25.2. The topological polar surface area (TPSA) is 55.9 Å². The van der Waals surface area contributed by atoms with Crippen LogP contribution in [-0.4, -0.2) is 60.9 Å². The maximum absolute atomic E-state index is 13.5. The summed E-state index contributed by atoms with van der Waals surface area (Å²) in [6, 6.07) is 19.1. The molecule has 2 fully saturated rings. The number of anilines is 2. The van der Waals surface area contributed by atoms with Gasteiger partial charge in [0.25, 0.3) is 11.8 Å². The first-order valence-electron chi connectivity index (χ1n) is 12.7. The average molecular weight is 521 g/mol. The SMILES string of the molecule is O=C(Nc1ccc(N2CCN(Cc3ccc(F)cc3)CC2)c(C(=O)N2CCCC2)c1)c1ccccc1Cl. The van der Waals surface area contributed by atoms with E-state index in [-0.39, 0.29) is 17.6 Å². The number of carbonyl (C=O) groups is 2. The molecule has 5 rings (SSSR count). The normalized spacial score (nSPS) is 16.2. The number of likely N-dealkylation sites (tertiary alicyclic amines) is 1. The summed E-state index contributed by atoms with van der Waals surface area (Å²) in [6.45, 7) is 5.47. The summed E-state index contributed by atoms with van der Waals surface area (Å²) in [5.41, 5.74) is 3.52. The van der Waals surface area contributed by atoms with Gasteiger partial charge in [-0.3, -0.25) is 14.5 Å². The predicted molar refractivity (Wildman–Crippen MR) is 145 cm³/mol. The maximum Gasteiger partial charge on any atom is 0.257 e. The molecule has 0 spiro atoms. The minimum atomic E-state index is -0.313. The molecule has 0 bridgehead atoms. The molecule has 37 heavy (non-hydrogen) atoms. The molecule has 0 aromatic heterocycles. The molecule has 2 aliphatic rings. The van der Waals surface area contributed by atoms with Gasteiger partial charge in [0.2, 0.25) is 0 Å². The van der Waals surface area contributed by atoms with E-state index in [9.17, 15) is 14.0 Å². The average Bonchev–Trinajstić information content (AvgIpc) is 3.45. The summed E-state index contributed by atoms with van der Waals surface area (Å²) in [7, 11) is 0. The van der Waals surface area contributed by atoms with Gasteiger partial charge in [0, 0.05) is 57.2 Å². The number of rotatable bonds is 6. The van der Waals surface area contributed by atoms with Crippen molar-refractivity contribution in [1.82, 2.24) is 9.80 Å². The van der Waals surface area contributed by atoms with E-state index < -0.39 is 0 Å². The zero-order valence-corrected chi connectivity index (χ0v) is 21.4. The molecule has 3 aromatic carbocycles. The third kappa shape index (κ3) is 5.95. The Balaban J connectivity index is 1.33. The lowest BCUT2D eigenvalue weighted by Gasteiger charge is -2.37. The number of piperazine rings is 1. The number of amides is 2. The van der Waals surface area contributed by atoms with Gasteiger partial charge in [0.05, 0.1) is 16.1 Å². The highest BCUT2D eigenvalue weighted by atomic mass is 35.5.